The lowest BCUT2D eigenvalue weighted by Crippen LogP contribution is -2.32. The van der Waals surface area contributed by atoms with Gasteiger partial charge in [0.1, 0.15) is 46.4 Å². The largest absolute Gasteiger partial charge is 0.550 e. The molecule has 0 aliphatic heterocycles. The number of aryl methyl sites for hydroxylation is 8. The molecule has 0 radical (unpaired) electrons. The predicted octanol–water partition coefficient (Wildman–Crippen LogP) is 10.1. The van der Waals surface area contributed by atoms with Crippen molar-refractivity contribution in [2.45, 2.75) is 80.6 Å². The van der Waals surface area contributed by atoms with Crippen LogP contribution in [0.3, 0.4) is 0 Å². The molecule has 4 nitrogen and oxygen atoms in total. The average Bonchev–Trinajstić information content (AvgIpc) is 3.33. The van der Waals surface area contributed by atoms with Crippen LogP contribution in [-0.2, 0) is 21.9 Å². The molecule has 0 spiro atoms. The first-order chi connectivity index (χ1) is 32.6. The Morgan fingerprint density at radius 3 is 0.574 bits per heavy atom. The van der Waals surface area contributed by atoms with Gasteiger partial charge in [0.05, 0.1) is 12.3 Å². The van der Waals surface area contributed by atoms with E-state index in [1.165, 1.54) is 87.5 Å². The normalized spacial score (nSPS) is 11.1. The van der Waals surface area contributed by atoms with Gasteiger partial charge >= 0.3 is 0 Å². The molecule has 0 fully saturated rings. The highest BCUT2D eigenvalue weighted by molar-refractivity contribution is 7.95. The SMILES string of the molecule is Cc1ccc(C[P+](c2ccc(C)cc2)(c2ccc(C)cc2)c2ccc(C)cc2)cc1.Cc1ccc(C[P+](c2ccc(C)cc2)(c2ccc(C)cc2)c2ccc(C)cc2)cc1.O=C([O-])CCC(=O)[O-]. The average molecular weight is 935 g/mol. The van der Waals surface area contributed by atoms with Crippen LogP contribution < -0.4 is 42.0 Å². The van der Waals surface area contributed by atoms with Crippen molar-refractivity contribution in [1.82, 2.24) is 0 Å². The van der Waals surface area contributed by atoms with Crippen LogP contribution in [-0.4, -0.2) is 11.9 Å². The third kappa shape index (κ3) is 13.2. The van der Waals surface area contributed by atoms with Gasteiger partial charge in [-0.3, -0.25) is 0 Å². The molecule has 0 bridgehead atoms. The fourth-order valence-corrected chi connectivity index (χ4v) is 16.7. The molecule has 8 aromatic rings. The van der Waals surface area contributed by atoms with E-state index in [0.29, 0.717) is 0 Å². The summed E-state index contributed by atoms with van der Waals surface area (Å²) in [5, 5.41) is 27.7. The molecule has 6 heteroatoms. The number of rotatable bonds is 13. The molecule has 0 aliphatic rings. The molecule has 8 aromatic carbocycles. The van der Waals surface area contributed by atoms with E-state index >= 15 is 0 Å². The number of carboxylic acid groups (broad SMARTS) is 2. The molecule has 0 heterocycles. The van der Waals surface area contributed by atoms with Crippen molar-refractivity contribution in [2.24, 2.45) is 0 Å². The summed E-state index contributed by atoms with van der Waals surface area (Å²) >= 11 is 0. The molecule has 8 rings (SSSR count). The van der Waals surface area contributed by atoms with E-state index in [4.69, 9.17) is 0 Å². The number of aliphatic carboxylic acids is 2. The zero-order valence-corrected chi connectivity index (χ0v) is 42.6. The maximum Gasteiger partial charge on any atom is 0.116 e. The van der Waals surface area contributed by atoms with Gasteiger partial charge in [-0.25, -0.2) is 0 Å². The van der Waals surface area contributed by atoms with Crippen molar-refractivity contribution in [2.75, 3.05) is 0 Å². The summed E-state index contributed by atoms with van der Waals surface area (Å²) < 4.78 is 0. The van der Waals surface area contributed by atoms with Gasteiger partial charge < -0.3 is 19.8 Å². The minimum absolute atomic E-state index is 0.470. The molecule has 0 amide bonds. The number of benzene rings is 8. The molecule has 68 heavy (non-hydrogen) atoms. The van der Waals surface area contributed by atoms with E-state index in [-0.39, 0.29) is 0 Å². The van der Waals surface area contributed by atoms with Crippen molar-refractivity contribution in [1.29, 1.82) is 0 Å². The second kappa shape index (κ2) is 23.5. The van der Waals surface area contributed by atoms with Crippen molar-refractivity contribution in [3.05, 3.63) is 250 Å². The monoisotopic (exact) mass is 934 g/mol. The third-order valence-electron chi connectivity index (χ3n) is 12.5. The fraction of sp³-hybridized carbons (Fsp3) is 0.194. The predicted molar refractivity (Wildman–Crippen MR) is 288 cm³/mol. The molecule has 0 unspecified atom stereocenters. The number of hydrogen-bond donors (Lipinski definition) is 0. The van der Waals surface area contributed by atoms with Gasteiger partial charge in [-0.1, -0.05) is 166 Å². The van der Waals surface area contributed by atoms with Gasteiger partial charge in [-0.15, -0.1) is 0 Å². The first-order valence-corrected chi connectivity index (χ1v) is 27.2. The van der Waals surface area contributed by atoms with Gasteiger partial charge in [-0.2, -0.15) is 0 Å². The summed E-state index contributed by atoms with van der Waals surface area (Å²) in [5.41, 5.74) is 13.2. The third-order valence-corrected chi connectivity index (χ3v) is 21.2. The number of carboxylic acids is 2. The quantitative estimate of drug-likeness (QED) is 0.108. The van der Waals surface area contributed by atoms with E-state index in [2.05, 4.69) is 250 Å². The first kappa shape index (κ1) is 51.0. The molecule has 0 aliphatic carbocycles. The Hall–Kier alpha value is -6.44. The first-order valence-electron chi connectivity index (χ1n) is 23.3. The standard InChI is InChI=1S/2C29H30P.C4H6O4/c2*1-22-5-13-26(14-6-22)21-30(27-15-7-23(2)8-16-27,28-17-9-24(3)10-18-28)29-19-11-25(4)12-20-29;5-3(6)1-2-4(7)8/h2*5-20H,21H2,1-4H3;1-2H2,(H,5,6)(H,7,8)/q2*+1;/p-2. The second-order valence-electron chi connectivity index (χ2n) is 18.2. The Balaban J connectivity index is 0.000000193. The van der Waals surface area contributed by atoms with Gasteiger partial charge in [0.15, 0.2) is 0 Å². The number of hydrogen-bond acceptors (Lipinski definition) is 4. The Morgan fingerprint density at radius 1 is 0.279 bits per heavy atom. The van der Waals surface area contributed by atoms with Crippen LogP contribution >= 0.6 is 14.5 Å². The van der Waals surface area contributed by atoms with Gasteiger partial charge in [0.2, 0.25) is 0 Å². The lowest BCUT2D eigenvalue weighted by atomic mass is 10.2. The molecule has 0 N–H and O–H groups in total. The van der Waals surface area contributed by atoms with Crippen molar-refractivity contribution >= 4 is 58.3 Å². The molecule has 0 atom stereocenters. The number of carbonyl (C=O) groups excluding carboxylic acids is 2. The van der Waals surface area contributed by atoms with E-state index in [9.17, 15) is 19.8 Å². The minimum Gasteiger partial charge on any atom is -0.550 e. The maximum absolute atomic E-state index is 9.50. The molecular formula is C62H64O4P2. The smallest absolute Gasteiger partial charge is 0.116 e. The molecule has 0 saturated carbocycles. The van der Waals surface area contributed by atoms with Crippen LogP contribution in [0.25, 0.3) is 0 Å². The zero-order chi connectivity index (χ0) is 48.8. The van der Waals surface area contributed by atoms with Crippen LogP contribution in [0.15, 0.2) is 194 Å². The highest BCUT2D eigenvalue weighted by atomic mass is 31.2. The van der Waals surface area contributed by atoms with Crippen molar-refractivity contribution in [3.8, 4) is 0 Å². The van der Waals surface area contributed by atoms with Crippen LogP contribution in [0.4, 0.5) is 0 Å². The van der Waals surface area contributed by atoms with Crippen LogP contribution in [0.1, 0.15) is 68.5 Å². The van der Waals surface area contributed by atoms with E-state index < -0.39 is 39.3 Å². The second-order valence-corrected chi connectivity index (χ2v) is 25.1. The summed E-state index contributed by atoms with van der Waals surface area (Å²) in [6, 6.07) is 73.7. The molecule has 346 valence electrons. The minimum atomic E-state index is -1.85. The highest BCUT2D eigenvalue weighted by Gasteiger charge is 2.47. The topological polar surface area (TPSA) is 80.3 Å². The molecule has 0 aromatic heterocycles. The summed E-state index contributed by atoms with van der Waals surface area (Å²) in [6.07, 6.45) is 1.12. The highest BCUT2D eigenvalue weighted by Crippen LogP contribution is 2.59. The van der Waals surface area contributed by atoms with Gasteiger partial charge in [0.25, 0.3) is 0 Å². The Kier molecular flexibility index (Phi) is 17.6. The lowest BCUT2D eigenvalue weighted by molar-refractivity contribution is -0.315. The van der Waals surface area contributed by atoms with Crippen LogP contribution in [0.5, 0.6) is 0 Å². The van der Waals surface area contributed by atoms with Crippen LogP contribution in [0.2, 0.25) is 0 Å². The Morgan fingerprint density at radius 2 is 0.426 bits per heavy atom. The van der Waals surface area contributed by atoms with E-state index in [1.54, 1.807) is 0 Å². The van der Waals surface area contributed by atoms with Crippen molar-refractivity contribution < 1.29 is 19.8 Å². The summed E-state index contributed by atoms with van der Waals surface area (Å²) in [6.45, 7) is 17.3. The summed E-state index contributed by atoms with van der Waals surface area (Å²) in [4.78, 5) is 19.0. The molecule has 0 saturated heterocycles. The fourth-order valence-electron chi connectivity index (χ4n) is 8.38. The Labute approximate surface area is 406 Å². The summed E-state index contributed by atoms with van der Waals surface area (Å²) in [5.74, 6) is -2.73. The van der Waals surface area contributed by atoms with Crippen LogP contribution in [0, 0.1) is 55.4 Å². The lowest BCUT2D eigenvalue weighted by Gasteiger charge is -2.28. The van der Waals surface area contributed by atoms with Gasteiger partial charge in [0, 0.05) is 11.9 Å². The van der Waals surface area contributed by atoms with E-state index in [0.717, 1.165) is 12.3 Å². The summed E-state index contributed by atoms with van der Waals surface area (Å²) in [7, 11) is -3.70. The van der Waals surface area contributed by atoms with E-state index in [1.807, 2.05) is 0 Å². The van der Waals surface area contributed by atoms with Crippen molar-refractivity contribution in [3.63, 3.8) is 0 Å². The Bertz CT molecular complexity index is 2430. The maximum atomic E-state index is 9.50. The van der Waals surface area contributed by atoms with Gasteiger partial charge in [-0.05, 0) is 152 Å². The zero-order valence-electron chi connectivity index (χ0n) is 40.8. The number of carbonyl (C=O) groups is 2. The molecular weight excluding hydrogens is 871 g/mol.